The van der Waals surface area contributed by atoms with Crippen molar-refractivity contribution in [3.63, 3.8) is 0 Å². The smallest absolute Gasteiger partial charge is 0.244 e. The van der Waals surface area contributed by atoms with E-state index in [-0.39, 0.29) is 23.2 Å². The van der Waals surface area contributed by atoms with Crippen LogP contribution in [-0.2, 0) is 9.59 Å². The number of nitrogens with zero attached hydrogens (tertiary/aromatic N) is 1. The van der Waals surface area contributed by atoms with E-state index in [4.69, 9.17) is 0 Å². The fourth-order valence-corrected chi connectivity index (χ4v) is 4.99. The van der Waals surface area contributed by atoms with E-state index in [1.54, 1.807) is 11.8 Å². The number of fused-ring (bicyclic) bond motifs is 1. The molecule has 1 aliphatic rings. The van der Waals surface area contributed by atoms with Gasteiger partial charge in [-0.2, -0.15) is 0 Å². The summed E-state index contributed by atoms with van der Waals surface area (Å²) < 4.78 is 1.05. The van der Waals surface area contributed by atoms with Gasteiger partial charge in [0.15, 0.2) is 5.13 Å². The lowest BCUT2D eigenvalue weighted by Crippen LogP contribution is -2.38. The Morgan fingerprint density at radius 3 is 2.63 bits per heavy atom. The minimum absolute atomic E-state index is 0.0440. The number of rotatable bonds is 4. The molecular weight excluding hydrogens is 380 g/mol. The Bertz CT molecular complexity index is 954. The number of hydrogen-bond donors (Lipinski definition) is 3. The third kappa shape index (κ3) is 4.13. The molecule has 0 saturated carbocycles. The molecule has 2 atom stereocenters. The molecule has 0 bridgehead atoms. The van der Waals surface area contributed by atoms with Gasteiger partial charge in [-0.15, -0.1) is 11.8 Å². The third-order valence-electron chi connectivity index (χ3n) is 4.16. The Morgan fingerprint density at radius 1 is 1.11 bits per heavy atom. The molecule has 2 aromatic carbocycles. The average Bonchev–Trinajstić information content (AvgIpc) is 3.28. The van der Waals surface area contributed by atoms with Gasteiger partial charge in [-0.1, -0.05) is 35.6 Å². The lowest BCUT2D eigenvalue weighted by Gasteiger charge is -2.13. The van der Waals surface area contributed by atoms with Crippen LogP contribution in [0, 0.1) is 0 Å². The number of para-hydroxylation sites is 1. The molecule has 0 aliphatic carbocycles. The van der Waals surface area contributed by atoms with Crippen molar-refractivity contribution in [3.05, 3.63) is 54.1 Å². The highest BCUT2D eigenvalue weighted by Gasteiger charge is 2.31. The van der Waals surface area contributed by atoms with Crippen LogP contribution in [0.1, 0.15) is 17.9 Å². The Hall–Kier alpha value is -2.42. The van der Waals surface area contributed by atoms with Crippen molar-refractivity contribution >= 4 is 55.9 Å². The molecule has 6 nitrogen and oxygen atoms in total. The van der Waals surface area contributed by atoms with Crippen LogP contribution in [0.2, 0.25) is 0 Å². The Balaban J connectivity index is 1.38. The van der Waals surface area contributed by atoms with Crippen molar-refractivity contribution < 1.29 is 9.59 Å². The van der Waals surface area contributed by atoms with E-state index in [0.717, 1.165) is 21.5 Å². The predicted octanol–water partition coefficient (Wildman–Crippen LogP) is 3.60. The zero-order valence-corrected chi connectivity index (χ0v) is 16.2. The highest BCUT2D eigenvalue weighted by molar-refractivity contribution is 7.99. The molecule has 0 spiro atoms. The van der Waals surface area contributed by atoms with Crippen LogP contribution in [0.3, 0.4) is 0 Å². The van der Waals surface area contributed by atoms with E-state index < -0.39 is 0 Å². The summed E-state index contributed by atoms with van der Waals surface area (Å²) in [6.07, 6.45) is 0. The molecule has 1 unspecified atom stereocenters. The lowest BCUT2D eigenvalue weighted by molar-refractivity contribution is -0.117. The van der Waals surface area contributed by atoms with Crippen LogP contribution in [0.25, 0.3) is 10.2 Å². The minimum Gasteiger partial charge on any atom is -0.326 e. The van der Waals surface area contributed by atoms with Gasteiger partial charge < -0.3 is 10.6 Å². The maximum absolute atomic E-state index is 12.6. The summed E-state index contributed by atoms with van der Waals surface area (Å²) in [6, 6.07) is 15.2. The highest BCUT2D eigenvalue weighted by Crippen LogP contribution is 2.34. The van der Waals surface area contributed by atoms with Crippen molar-refractivity contribution in [3.8, 4) is 0 Å². The highest BCUT2D eigenvalue weighted by atomic mass is 32.2. The van der Waals surface area contributed by atoms with E-state index >= 15 is 0 Å². The number of nitrogens with one attached hydrogen (secondary N) is 3. The number of aromatic nitrogens is 1. The van der Waals surface area contributed by atoms with Crippen LogP contribution in [-0.4, -0.2) is 28.6 Å². The van der Waals surface area contributed by atoms with E-state index in [1.807, 2.05) is 48.5 Å². The maximum Gasteiger partial charge on any atom is 0.244 e. The first kappa shape index (κ1) is 18.0. The molecule has 1 saturated heterocycles. The van der Waals surface area contributed by atoms with Gasteiger partial charge >= 0.3 is 0 Å². The Morgan fingerprint density at radius 2 is 1.89 bits per heavy atom. The summed E-state index contributed by atoms with van der Waals surface area (Å²) in [5, 5.41) is 9.70. The molecule has 27 heavy (non-hydrogen) atoms. The molecule has 1 aliphatic heterocycles. The number of hydrogen-bond acceptors (Lipinski definition) is 6. The van der Waals surface area contributed by atoms with Crippen molar-refractivity contribution in [1.82, 2.24) is 10.3 Å². The summed E-state index contributed by atoms with van der Waals surface area (Å²) in [7, 11) is 0. The minimum atomic E-state index is -0.276. The second kappa shape index (κ2) is 7.67. The largest absolute Gasteiger partial charge is 0.326 e. The van der Waals surface area contributed by atoms with Crippen LogP contribution in [0.15, 0.2) is 48.5 Å². The standard InChI is InChI=1S/C19H18N4O2S2/c1-11(24)20-13-8-6-12(7-9-13)18-21-15(10-26-18)17(25)23-19-22-14-4-2-3-5-16(14)27-19/h2-9,15,18,21H,10H2,1H3,(H,20,24)(H,22,23,25)/t15-,18?/m0/s1. The number of amides is 2. The molecule has 1 aromatic heterocycles. The van der Waals surface area contributed by atoms with Gasteiger partial charge in [0.05, 0.1) is 21.6 Å². The Labute approximate surface area is 164 Å². The molecule has 4 rings (SSSR count). The normalized spacial score (nSPS) is 19.1. The van der Waals surface area contributed by atoms with Crippen LogP contribution >= 0.6 is 23.1 Å². The predicted molar refractivity (Wildman–Crippen MR) is 111 cm³/mol. The molecular formula is C19H18N4O2S2. The van der Waals surface area contributed by atoms with Gasteiger partial charge in [-0.3, -0.25) is 14.9 Å². The number of thiazole rings is 1. The number of benzene rings is 2. The first-order valence-electron chi connectivity index (χ1n) is 8.50. The van der Waals surface area contributed by atoms with Crippen LogP contribution in [0.5, 0.6) is 0 Å². The number of thioether (sulfide) groups is 1. The fourth-order valence-electron chi connectivity index (χ4n) is 2.88. The van der Waals surface area contributed by atoms with Gasteiger partial charge in [0.2, 0.25) is 11.8 Å². The molecule has 2 heterocycles. The molecule has 3 N–H and O–H groups in total. The number of anilines is 2. The van der Waals surface area contributed by atoms with Crippen molar-refractivity contribution in [2.24, 2.45) is 0 Å². The topological polar surface area (TPSA) is 83.1 Å². The van der Waals surface area contributed by atoms with Gasteiger partial charge in [-0.25, -0.2) is 4.98 Å². The monoisotopic (exact) mass is 398 g/mol. The molecule has 8 heteroatoms. The van der Waals surface area contributed by atoms with Gasteiger partial charge in [0, 0.05) is 18.4 Å². The average molecular weight is 399 g/mol. The van der Waals surface area contributed by atoms with E-state index in [0.29, 0.717) is 10.9 Å². The summed E-state index contributed by atoms with van der Waals surface area (Å²) in [4.78, 5) is 28.1. The second-order valence-electron chi connectivity index (χ2n) is 6.21. The van der Waals surface area contributed by atoms with E-state index in [9.17, 15) is 9.59 Å². The molecule has 3 aromatic rings. The lowest BCUT2D eigenvalue weighted by atomic mass is 10.2. The van der Waals surface area contributed by atoms with Crippen LogP contribution < -0.4 is 16.0 Å². The zero-order chi connectivity index (χ0) is 18.8. The maximum atomic E-state index is 12.6. The first-order chi connectivity index (χ1) is 13.1. The van der Waals surface area contributed by atoms with Crippen molar-refractivity contribution in [2.45, 2.75) is 18.3 Å². The van der Waals surface area contributed by atoms with Crippen molar-refractivity contribution in [2.75, 3.05) is 16.4 Å². The number of carbonyl (C=O) groups is 2. The van der Waals surface area contributed by atoms with Gasteiger partial charge in [0.1, 0.15) is 0 Å². The second-order valence-corrected chi connectivity index (χ2v) is 8.38. The van der Waals surface area contributed by atoms with Gasteiger partial charge in [-0.05, 0) is 29.8 Å². The van der Waals surface area contributed by atoms with Gasteiger partial charge in [0.25, 0.3) is 0 Å². The fraction of sp³-hybridized carbons (Fsp3) is 0.211. The third-order valence-corrected chi connectivity index (χ3v) is 6.38. The summed E-state index contributed by atoms with van der Waals surface area (Å²) in [6.45, 7) is 1.48. The zero-order valence-electron chi connectivity index (χ0n) is 14.6. The summed E-state index contributed by atoms with van der Waals surface area (Å²) >= 11 is 3.17. The van der Waals surface area contributed by atoms with E-state index in [1.165, 1.54) is 18.3 Å². The molecule has 2 amide bonds. The van der Waals surface area contributed by atoms with Crippen LogP contribution in [0.4, 0.5) is 10.8 Å². The SMILES string of the molecule is CC(=O)Nc1ccc(C2N[C@H](C(=O)Nc3nc4ccccc4s3)CS2)cc1. The van der Waals surface area contributed by atoms with E-state index in [2.05, 4.69) is 20.9 Å². The first-order valence-corrected chi connectivity index (χ1v) is 10.4. The molecule has 1 fully saturated rings. The molecule has 0 radical (unpaired) electrons. The van der Waals surface area contributed by atoms with Crippen molar-refractivity contribution in [1.29, 1.82) is 0 Å². The Kier molecular flexibility index (Phi) is 5.11. The quantitative estimate of drug-likeness (QED) is 0.625. The number of carbonyl (C=O) groups excluding carboxylic acids is 2. The summed E-state index contributed by atoms with van der Waals surface area (Å²) in [5.41, 5.74) is 2.73. The summed E-state index contributed by atoms with van der Waals surface area (Å²) in [5.74, 6) is 0.524. The molecule has 138 valence electrons.